The van der Waals surface area contributed by atoms with E-state index in [1.54, 1.807) is 0 Å². The van der Waals surface area contributed by atoms with E-state index in [-0.39, 0.29) is 19.0 Å². The van der Waals surface area contributed by atoms with Crippen molar-refractivity contribution in [3.05, 3.63) is 22.9 Å². The Labute approximate surface area is 139 Å². The van der Waals surface area contributed by atoms with Gasteiger partial charge in [-0.25, -0.2) is 9.78 Å². The van der Waals surface area contributed by atoms with Crippen molar-refractivity contribution in [2.75, 3.05) is 24.6 Å². The molecule has 0 unspecified atom stereocenters. The fraction of sp³-hybridized carbons (Fsp3) is 0.625. The summed E-state index contributed by atoms with van der Waals surface area (Å²) in [5.74, 6) is -0.293. The first kappa shape index (κ1) is 18.5. The molecule has 2 heterocycles. The number of hydrogen-bond donors (Lipinski definition) is 1. The number of carbonyl (C=O) groups is 1. The third-order valence-corrected chi connectivity index (χ3v) is 4.15. The molecule has 0 aromatic carbocycles. The molecular formula is C16H22F3N3O2. The Bertz CT molecular complexity index is 597. The van der Waals surface area contributed by atoms with Gasteiger partial charge in [-0.05, 0) is 31.7 Å². The fourth-order valence-corrected chi connectivity index (χ4v) is 2.77. The average Bonchev–Trinajstić information content (AvgIpc) is 2.53. The second-order valence-corrected chi connectivity index (χ2v) is 5.96. The van der Waals surface area contributed by atoms with E-state index in [1.165, 1.54) is 13.0 Å². The minimum atomic E-state index is -4.74. The molecule has 5 nitrogen and oxygen atoms in total. The van der Waals surface area contributed by atoms with E-state index in [2.05, 4.69) is 11.9 Å². The van der Waals surface area contributed by atoms with Gasteiger partial charge in [-0.3, -0.25) is 0 Å². The number of hydrogen-bond acceptors (Lipinski definition) is 5. The molecule has 1 aromatic heterocycles. The molecule has 0 atom stereocenters. The molecule has 0 aliphatic carbocycles. The Morgan fingerprint density at radius 2 is 2.04 bits per heavy atom. The molecule has 0 bridgehead atoms. The summed E-state index contributed by atoms with van der Waals surface area (Å²) in [6, 6.07) is 1.17. The quantitative estimate of drug-likeness (QED) is 0.850. The molecule has 0 spiro atoms. The van der Waals surface area contributed by atoms with E-state index in [0.29, 0.717) is 24.6 Å². The van der Waals surface area contributed by atoms with Crippen molar-refractivity contribution in [3.8, 4) is 0 Å². The molecule has 1 aromatic rings. The van der Waals surface area contributed by atoms with Crippen LogP contribution < -0.4 is 10.6 Å². The predicted octanol–water partition coefficient (Wildman–Crippen LogP) is 2.97. The smallest absolute Gasteiger partial charge is 0.434 e. The zero-order valence-corrected chi connectivity index (χ0v) is 13.8. The van der Waals surface area contributed by atoms with Crippen molar-refractivity contribution in [1.82, 2.24) is 4.98 Å². The lowest BCUT2D eigenvalue weighted by Crippen LogP contribution is -2.35. The lowest BCUT2D eigenvalue weighted by molar-refractivity contribution is -0.141. The maximum absolute atomic E-state index is 13.4. The van der Waals surface area contributed by atoms with E-state index >= 15 is 0 Å². The monoisotopic (exact) mass is 345 g/mol. The van der Waals surface area contributed by atoms with Crippen LogP contribution in [0.4, 0.5) is 19.0 Å². The number of pyridine rings is 1. The SMILES string of the molecule is CCOC(=O)c1cc(CN)c(N2CCC(C)CC2)nc1C(F)(F)F. The molecule has 2 rings (SSSR count). The van der Waals surface area contributed by atoms with Crippen molar-refractivity contribution in [2.45, 2.75) is 39.4 Å². The first-order valence-corrected chi connectivity index (χ1v) is 8.01. The van der Waals surface area contributed by atoms with E-state index in [1.807, 2.05) is 4.90 Å². The van der Waals surface area contributed by atoms with Crippen LogP contribution in [-0.4, -0.2) is 30.6 Å². The van der Waals surface area contributed by atoms with Crippen LogP contribution in [0, 0.1) is 5.92 Å². The standard InChI is InChI=1S/C16H22F3N3O2/c1-3-24-15(23)12-8-11(9-20)14(21-13(12)16(17,18)19)22-6-4-10(2)5-7-22/h8,10H,3-7,9,20H2,1-2H3. The van der Waals surface area contributed by atoms with Gasteiger partial charge in [0.15, 0.2) is 5.69 Å². The molecule has 24 heavy (non-hydrogen) atoms. The summed E-state index contributed by atoms with van der Waals surface area (Å²) < 4.78 is 44.9. The number of alkyl halides is 3. The van der Waals surface area contributed by atoms with Crippen LogP contribution in [0.5, 0.6) is 0 Å². The highest BCUT2D eigenvalue weighted by molar-refractivity contribution is 5.91. The maximum Gasteiger partial charge on any atom is 0.434 e. The van der Waals surface area contributed by atoms with E-state index in [0.717, 1.165) is 12.8 Å². The second-order valence-electron chi connectivity index (χ2n) is 5.96. The number of carbonyl (C=O) groups excluding carboxylic acids is 1. The van der Waals surface area contributed by atoms with E-state index in [4.69, 9.17) is 10.5 Å². The Morgan fingerprint density at radius 1 is 1.42 bits per heavy atom. The number of aromatic nitrogens is 1. The Morgan fingerprint density at radius 3 is 2.54 bits per heavy atom. The normalized spacial score (nSPS) is 16.3. The predicted molar refractivity (Wildman–Crippen MR) is 83.7 cm³/mol. The minimum absolute atomic E-state index is 0.00106. The van der Waals surface area contributed by atoms with Crippen molar-refractivity contribution in [3.63, 3.8) is 0 Å². The van der Waals surface area contributed by atoms with Crippen molar-refractivity contribution in [1.29, 1.82) is 0 Å². The number of halogens is 3. The highest BCUT2D eigenvalue weighted by atomic mass is 19.4. The highest BCUT2D eigenvalue weighted by Crippen LogP contribution is 2.35. The van der Waals surface area contributed by atoms with Gasteiger partial charge in [0, 0.05) is 25.2 Å². The molecule has 1 aliphatic heterocycles. The summed E-state index contributed by atoms with van der Waals surface area (Å²) in [5, 5.41) is 0. The van der Waals surface area contributed by atoms with Gasteiger partial charge in [0.2, 0.25) is 0 Å². The van der Waals surface area contributed by atoms with Crippen LogP contribution in [0.25, 0.3) is 0 Å². The number of ether oxygens (including phenoxy) is 1. The molecule has 1 fully saturated rings. The van der Waals surface area contributed by atoms with Crippen molar-refractivity contribution in [2.24, 2.45) is 11.7 Å². The summed E-state index contributed by atoms with van der Waals surface area (Å²) in [6.45, 7) is 4.87. The van der Waals surface area contributed by atoms with Gasteiger partial charge in [-0.15, -0.1) is 0 Å². The summed E-state index contributed by atoms with van der Waals surface area (Å²) in [6.07, 6.45) is -2.98. The van der Waals surface area contributed by atoms with Crippen LogP contribution >= 0.6 is 0 Å². The Kier molecular flexibility index (Phi) is 5.69. The third kappa shape index (κ3) is 3.98. The summed E-state index contributed by atoms with van der Waals surface area (Å²) in [7, 11) is 0. The van der Waals surface area contributed by atoms with E-state index < -0.39 is 23.4 Å². The minimum Gasteiger partial charge on any atom is -0.462 e. The summed E-state index contributed by atoms with van der Waals surface area (Å²) in [4.78, 5) is 17.5. The lowest BCUT2D eigenvalue weighted by Gasteiger charge is -2.33. The number of esters is 1. The number of anilines is 1. The number of nitrogens with zero attached hydrogens (tertiary/aromatic N) is 2. The van der Waals surface area contributed by atoms with Crippen molar-refractivity contribution >= 4 is 11.8 Å². The van der Waals surface area contributed by atoms with Gasteiger partial charge in [-0.1, -0.05) is 6.92 Å². The maximum atomic E-state index is 13.4. The van der Waals surface area contributed by atoms with Gasteiger partial charge in [-0.2, -0.15) is 13.2 Å². The van der Waals surface area contributed by atoms with Gasteiger partial charge in [0.25, 0.3) is 0 Å². The second kappa shape index (κ2) is 7.38. The number of nitrogens with two attached hydrogens (primary N) is 1. The molecule has 0 radical (unpaired) electrons. The first-order valence-electron chi connectivity index (χ1n) is 8.01. The number of piperidine rings is 1. The Hall–Kier alpha value is -1.83. The van der Waals surface area contributed by atoms with Gasteiger partial charge in [0.1, 0.15) is 5.82 Å². The van der Waals surface area contributed by atoms with Crippen LogP contribution in [-0.2, 0) is 17.5 Å². The zero-order valence-electron chi connectivity index (χ0n) is 13.8. The van der Waals surface area contributed by atoms with Crippen LogP contribution in [0.15, 0.2) is 6.07 Å². The molecule has 0 amide bonds. The topological polar surface area (TPSA) is 68.5 Å². The highest BCUT2D eigenvalue weighted by Gasteiger charge is 2.39. The lowest BCUT2D eigenvalue weighted by atomic mass is 9.98. The average molecular weight is 345 g/mol. The zero-order chi connectivity index (χ0) is 17.9. The molecule has 0 saturated carbocycles. The third-order valence-electron chi connectivity index (χ3n) is 4.15. The van der Waals surface area contributed by atoms with Gasteiger partial charge >= 0.3 is 12.1 Å². The molecule has 134 valence electrons. The molecule has 8 heteroatoms. The summed E-state index contributed by atoms with van der Waals surface area (Å²) in [5.41, 5.74) is 4.30. The van der Waals surface area contributed by atoms with Gasteiger partial charge < -0.3 is 15.4 Å². The van der Waals surface area contributed by atoms with Crippen LogP contribution in [0.3, 0.4) is 0 Å². The fourth-order valence-electron chi connectivity index (χ4n) is 2.77. The largest absolute Gasteiger partial charge is 0.462 e. The molecular weight excluding hydrogens is 323 g/mol. The van der Waals surface area contributed by atoms with Gasteiger partial charge in [0.05, 0.1) is 12.2 Å². The van der Waals surface area contributed by atoms with Crippen molar-refractivity contribution < 1.29 is 22.7 Å². The molecule has 1 saturated heterocycles. The first-order chi connectivity index (χ1) is 11.3. The van der Waals surface area contributed by atoms with Crippen LogP contribution in [0.1, 0.15) is 48.3 Å². The van der Waals surface area contributed by atoms with Crippen LogP contribution in [0.2, 0.25) is 0 Å². The summed E-state index contributed by atoms with van der Waals surface area (Å²) >= 11 is 0. The van der Waals surface area contributed by atoms with E-state index in [9.17, 15) is 18.0 Å². The molecule has 1 aliphatic rings. The Balaban J connectivity index is 2.50. The molecule has 2 N–H and O–H groups in total. The number of rotatable bonds is 4.